The third kappa shape index (κ3) is 4.62. The van der Waals surface area contributed by atoms with Gasteiger partial charge in [-0.3, -0.25) is 14.4 Å². The smallest absolute Gasteiger partial charge is 0.307 e. The summed E-state index contributed by atoms with van der Waals surface area (Å²) in [6.45, 7) is 0. The molecular formula is C18H20N2O6. The Balaban J connectivity index is 2.31. The number of aromatic amines is 1. The summed E-state index contributed by atoms with van der Waals surface area (Å²) in [7, 11) is 4.29. The van der Waals surface area contributed by atoms with E-state index in [0.29, 0.717) is 17.1 Å². The lowest BCUT2D eigenvalue weighted by Gasteiger charge is -2.19. The van der Waals surface area contributed by atoms with Gasteiger partial charge in [0.2, 0.25) is 5.56 Å². The van der Waals surface area contributed by atoms with Crippen molar-refractivity contribution < 1.29 is 23.8 Å². The topological polar surface area (TPSA) is 107 Å². The molecular weight excluding hydrogens is 340 g/mol. The van der Waals surface area contributed by atoms with Gasteiger partial charge in [0.25, 0.3) is 5.91 Å². The van der Waals surface area contributed by atoms with Crippen LogP contribution in [0.4, 0.5) is 0 Å². The minimum atomic E-state index is -0.651. The fraction of sp³-hybridized carbons (Fsp3) is 0.278. The fourth-order valence-electron chi connectivity index (χ4n) is 2.37. The summed E-state index contributed by atoms with van der Waals surface area (Å²) in [6, 6.07) is 7.09. The number of esters is 1. The molecule has 1 atom stereocenters. The summed E-state index contributed by atoms with van der Waals surface area (Å²) in [4.78, 5) is 37.8. The summed E-state index contributed by atoms with van der Waals surface area (Å²) in [6.07, 6.45) is 1.24. The van der Waals surface area contributed by atoms with Crippen LogP contribution in [0.25, 0.3) is 0 Å². The second kappa shape index (κ2) is 8.70. The Kier molecular flexibility index (Phi) is 6.37. The molecule has 0 aliphatic carbocycles. The van der Waals surface area contributed by atoms with Crippen molar-refractivity contribution in [2.24, 2.45) is 0 Å². The Morgan fingerprint density at radius 2 is 1.81 bits per heavy atom. The van der Waals surface area contributed by atoms with Crippen molar-refractivity contribution in [3.05, 3.63) is 58.0 Å². The fourth-order valence-corrected chi connectivity index (χ4v) is 2.37. The summed E-state index contributed by atoms with van der Waals surface area (Å²) >= 11 is 0. The molecule has 0 saturated carbocycles. The minimum Gasteiger partial charge on any atom is -0.493 e. The van der Waals surface area contributed by atoms with Gasteiger partial charge in [0.15, 0.2) is 11.5 Å². The molecule has 1 aromatic heterocycles. The van der Waals surface area contributed by atoms with Crippen LogP contribution < -0.4 is 20.3 Å². The van der Waals surface area contributed by atoms with Crippen LogP contribution in [0.5, 0.6) is 11.5 Å². The Morgan fingerprint density at radius 3 is 2.38 bits per heavy atom. The summed E-state index contributed by atoms with van der Waals surface area (Å²) in [5.41, 5.74) is 0.596. The highest BCUT2D eigenvalue weighted by Crippen LogP contribution is 2.31. The van der Waals surface area contributed by atoms with E-state index in [4.69, 9.17) is 14.2 Å². The van der Waals surface area contributed by atoms with E-state index in [9.17, 15) is 14.4 Å². The van der Waals surface area contributed by atoms with Crippen LogP contribution in [-0.4, -0.2) is 38.2 Å². The molecule has 2 N–H and O–H groups in total. The molecule has 8 nitrogen and oxygen atoms in total. The van der Waals surface area contributed by atoms with Crippen molar-refractivity contribution >= 4 is 11.9 Å². The van der Waals surface area contributed by atoms with E-state index >= 15 is 0 Å². The molecule has 8 heteroatoms. The summed E-state index contributed by atoms with van der Waals surface area (Å²) in [5.74, 6) is 0.0784. The number of carbonyl (C=O) groups excluding carboxylic acids is 2. The number of pyridine rings is 1. The highest BCUT2D eigenvalue weighted by Gasteiger charge is 2.21. The van der Waals surface area contributed by atoms with Gasteiger partial charge in [-0.1, -0.05) is 6.07 Å². The third-order valence-corrected chi connectivity index (χ3v) is 3.76. The molecule has 0 bridgehead atoms. The molecule has 1 amide bonds. The van der Waals surface area contributed by atoms with E-state index in [-0.39, 0.29) is 17.5 Å². The maximum atomic E-state index is 12.4. The molecule has 0 radical (unpaired) electrons. The highest BCUT2D eigenvalue weighted by molar-refractivity contribution is 5.94. The highest BCUT2D eigenvalue weighted by atomic mass is 16.5. The van der Waals surface area contributed by atoms with Crippen molar-refractivity contribution in [3.8, 4) is 11.5 Å². The van der Waals surface area contributed by atoms with Gasteiger partial charge in [-0.25, -0.2) is 0 Å². The lowest BCUT2D eigenvalue weighted by Crippen LogP contribution is -2.31. The van der Waals surface area contributed by atoms with E-state index in [1.165, 1.54) is 39.7 Å². The minimum absolute atomic E-state index is 0.0684. The summed E-state index contributed by atoms with van der Waals surface area (Å²) < 4.78 is 15.2. The first-order valence-electron chi connectivity index (χ1n) is 7.76. The SMILES string of the molecule is COC(=O)C[C@H](NC(=O)c1ccc(=O)[nH]c1)c1ccc(OC)c(OC)c1. The predicted octanol–water partition coefficient (Wildman–Crippen LogP) is 1.43. The van der Waals surface area contributed by atoms with Crippen LogP contribution in [0.15, 0.2) is 41.3 Å². The molecule has 2 rings (SSSR count). The second-order valence-electron chi connectivity index (χ2n) is 5.36. The Labute approximate surface area is 150 Å². The van der Waals surface area contributed by atoms with Gasteiger partial charge >= 0.3 is 5.97 Å². The number of carbonyl (C=O) groups is 2. The lowest BCUT2D eigenvalue weighted by atomic mass is 10.0. The number of amides is 1. The van der Waals surface area contributed by atoms with E-state index in [1.807, 2.05) is 0 Å². The lowest BCUT2D eigenvalue weighted by molar-refractivity contribution is -0.141. The number of methoxy groups -OCH3 is 3. The molecule has 0 fully saturated rings. The van der Waals surface area contributed by atoms with Gasteiger partial charge in [0, 0.05) is 12.3 Å². The van der Waals surface area contributed by atoms with Crippen LogP contribution in [0.3, 0.4) is 0 Å². The van der Waals surface area contributed by atoms with E-state index in [0.717, 1.165) is 0 Å². The average molecular weight is 360 g/mol. The zero-order valence-corrected chi connectivity index (χ0v) is 14.7. The number of hydrogen-bond donors (Lipinski definition) is 2. The van der Waals surface area contributed by atoms with Gasteiger partial charge in [-0.05, 0) is 23.8 Å². The molecule has 1 aromatic carbocycles. The number of aromatic nitrogens is 1. The first kappa shape index (κ1) is 19.0. The molecule has 1 heterocycles. The molecule has 0 spiro atoms. The van der Waals surface area contributed by atoms with Crippen LogP contribution >= 0.6 is 0 Å². The van der Waals surface area contributed by atoms with Crippen LogP contribution in [0, 0.1) is 0 Å². The Morgan fingerprint density at radius 1 is 1.08 bits per heavy atom. The Hall–Kier alpha value is -3.29. The number of ether oxygens (including phenoxy) is 3. The summed E-state index contributed by atoms with van der Waals surface area (Å²) in [5, 5.41) is 2.76. The predicted molar refractivity (Wildman–Crippen MR) is 93.4 cm³/mol. The van der Waals surface area contributed by atoms with Crippen molar-refractivity contribution in [1.82, 2.24) is 10.3 Å². The van der Waals surface area contributed by atoms with Crippen molar-refractivity contribution in [1.29, 1.82) is 0 Å². The number of benzene rings is 1. The Bertz CT molecular complexity index is 825. The van der Waals surface area contributed by atoms with Crippen molar-refractivity contribution in [3.63, 3.8) is 0 Å². The van der Waals surface area contributed by atoms with E-state index in [2.05, 4.69) is 10.3 Å². The van der Waals surface area contributed by atoms with E-state index < -0.39 is 17.9 Å². The first-order chi connectivity index (χ1) is 12.5. The molecule has 0 aliphatic heterocycles. The number of rotatable bonds is 7. The zero-order valence-electron chi connectivity index (χ0n) is 14.7. The van der Waals surface area contributed by atoms with Gasteiger partial charge in [0.1, 0.15) is 0 Å². The maximum absolute atomic E-state index is 12.4. The maximum Gasteiger partial charge on any atom is 0.307 e. The average Bonchev–Trinajstić information content (AvgIpc) is 2.67. The monoisotopic (exact) mass is 360 g/mol. The third-order valence-electron chi connectivity index (χ3n) is 3.76. The number of hydrogen-bond acceptors (Lipinski definition) is 6. The number of H-pyrrole nitrogens is 1. The second-order valence-corrected chi connectivity index (χ2v) is 5.36. The van der Waals surface area contributed by atoms with Crippen LogP contribution in [0.1, 0.15) is 28.4 Å². The number of nitrogens with one attached hydrogen (secondary N) is 2. The van der Waals surface area contributed by atoms with Gasteiger partial charge in [-0.15, -0.1) is 0 Å². The van der Waals surface area contributed by atoms with Gasteiger partial charge in [-0.2, -0.15) is 0 Å². The molecule has 26 heavy (non-hydrogen) atoms. The quantitative estimate of drug-likeness (QED) is 0.724. The van der Waals surface area contributed by atoms with Crippen LogP contribution in [0.2, 0.25) is 0 Å². The van der Waals surface area contributed by atoms with Crippen LogP contribution in [-0.2, 0) is 9.53 Å². The van der Waals surface area contributed by atoms with Gasteiger partial charge in [0.05, 0.1) is 39.4 Å². The zero-order chi connectivity index (χ0) is 19.1. The first-order valence-corrected chi connectivity index (χ1v) is 7.76. The molecule has 0 aliphatic rings. The van der Waals surface area contributed by atoms with E-state index in [1.54, 1.807) is 18.2 Å². The van der Waals surface area contributed by atoms with Crippen molar-refractivity contribution in [2.75, 3.05) is 21.3 Å². The molecule has 0 unspecified atom stereocenters. The largest absolute Gasteiger partial charge is 0.493 e. The normalized spacial score (nSPS) is 11.3. The molecule has 138 valence electrons. The van der Waals surface area contributed by atoms with Crippen molar-refractivity contribution in [2.45, 2.75) is 12.5 Å². The molecule has 2 aromatic rings. The standard InChI is InChI=1S/C18H20N2O6/c1-24-14-6-4-11(8-15(14)25-2)13(9-17(22)26-3)20-18(23)12-5-7-16(21)19-10-12/h4-8,10,13H,9H2,1-3H3,(H,19,21)(H,20,23)/t13-/m0/s1. The van der Waals surface area contributed by atoms with Gasteiger partial charge < -0.3 is 24.5 Å². The molecule has 0 saturated heterocycles.